The van der Waals surface area contributed by atoms with Crippen LogP contribution in [0.25, 0.3) is 0 Å². The highest BCUT2D eigenvalue weighted by Gasteiger charge is 2.74. The smallest absolute Gasteiger partial charge is 0.330 e. The molecular formula is C29H36O10. The molecule has 1 spiro atoms. The number of rotatable bonds is 7. The maximum atomic E-state index is 13.5. The maximum Gasteiger partial charge on any atom is 0.330 e. The molecule has 1 aromatic heterocycles. The third kappa shape index (κ3) is 4.24. The number of aliphatic hydroxyl groups is 1. The van der Waals surface area contributed by atoms with Crippen molar-refractivity contribution in [3.8, 4) is 0 Å². The van der Waals surface area contributed by atoms with Gasteiger partial charge in [-0.05, 0) is 38.3 Å². The fraction of sp³-hybridized carbons (Fsp3) is 0.586. The molecule has 212 valence electrons. The summed E-state index contributed by atoms with van der Waals surface area (Å²) >= 11 is 0. The van der Waals surface area contributed by atoms with E-state index in [-0.39, 0.29) is 24.8 Å². The van der Waals surface area contributed by atoms with Gasteiger partial charge in [0.1, 0.15) is 11.7 Å². The van der Waals surface area contributed by atoms with E-state index in [2.05, 4.69) is 6.58 Å². The van der Waals surface area contributed by atoms with Crippen LogP contribution >= 0.6 is 0 Å². The van der Waals surface area contributed by atoms with Crippen molar-refractivity contribution in [2.75, 3.05) is 7.11 Å². The Morgan fingerprint density at radius 1 is 1.26 bits per heavy atom. The van der Waals surface area contributed by atoms with Gasteiger partial charge in [-0.3, -0.25) is 14.4 Å². The van der Waals surface area contributed by atoms with Crippen LogP contribution in [0.3, 0.4) is 0 Å². The average molecular weight is 545 g/mol. The van der Waals surface area contributed by atoms with Crippen LogP contribution < -0.4 is 0 Å². The first-order valence-electron chi connectivity index (χ1n) is 12.9. The molecule has 0 radical (unpaired) electrons. The second kappa shape index (κ2) is 9.45. The predicted molar refractivity (Wildman–Crippen MR) is 136 cm³/mol. The summed E-state index contributed by atoms with van der Waals surface area (Å²) in [6.07, 6.45) is 3.86. The Labute approximate surface area is 227 Å². The van der Waals surface area contributed by atoms with E-state index in [1.54, 1.807) is 13.0 Å². The quantitative estimate of drug-likeness (QED) is 0.235. The maximum absolute atomic E-state index is 13.5. The molecule has 3 heterocycles. The first kappa shape index (κ1) is 28.8. The number of fused-ring (bicyclic) bond motifs is 1. The molecule has 3 aliphatic rings. The van der Waals surface area contributed by atoms with Gasteiger partial charge in [-0.2, -0.15) is 0 Å². The van der Waals surface area contributed by atoms with Gasteiger partial charge < -0.3 is 28.5 Å². The fourth-order valence-electron chi connectivity index (χ4n) is 6.60. The van der Waals surface area contributed by atoms with Crippen LogP contribution in [0.4, 0.5) is 0 Å². The number of hydrogen-bond donors (Lipinski definition) is 1. The molecule has 0 amide bonds. The topological polar surface area (TPSA) is 139 Å². The number of ketones is 1. The Kier molecular flexibility index (Phi) is 6.97. The zero-order valence-corrected chi connectivity index (χ0v) is 23.2. The molecule has 1 aromatic rings. The molecule has 2 aliphatic heterocycles. The van der Waals surface area contributed by atoms with Crippen molar-refractivity contribution in [2.24, 2.45) is 10.8 Å². The monoisotopic (exact) mass is 544 g/mol. The first-order chi connectivity index (χ1) is 18.1. The number of cyclic esters (lactones) is 1. The number of carbonyl (C=O) groups is 4. The van der Waals surface area contributed by atoms with Crippen molar-refractivity contribution >= 4 is 23.7 Å². The van der Waals surface area contributed by atoms with Crippen LogP contribution in [0.1, 0.15) is 72.0 Å². The predicted octanol–water partition coefficient (Wildman–Crippen LogP) is 3.53. The number of Topliss-reactive ketones (excluding diaryl/α,β-unsaturated/α-hetero) is 1. The lowest BCUT2D eigenvalue weighted by atomic mass is 9.45. The van der Waals surface area contributed by atoms with Gasteiger partial charge in [-0.25, -0.2) is 4.79 Å². The molecule has 0 unspecified atom stereocenters. The van der Waals surface area contributed by atoms with Crippen LogP contribution in [-0.2, 0) is 38.1 Å². The highest BCUT2D eigenvalue weighted by molar-refractivity contribution is 5.89. The zero-order valence-electron chi connectivity index (χ0n) is 23.2. The number of furan rings is 1. The minimum Gasteiger partial charge on any atom is -0.472 e. The van der Waals surface area contributed by atoms with E-state index in [0.717, 1.165) is 0 Å². The van der Waals surface area contributed by atoms with Gasteiger partial charge in [0.2, 0.25) is 0 Å². The van der Waals surface area contributed by atoms with Gasteiger partial charge in [-0.15, -0.1) is 0 Å². The molecule has 1 aliphatic carbocycles. The number of hydrogen-bond acceptors (Lipinski definition) is 10. The van der Waals surface area contributed by atoms with Gasteiger partial charge in [0.05, 0.1) is 37.8 Å². The lowest BCUT2D eigenvalue weighted by Gasteiger charge is -2.69. The zero-order chi connectivity index (χ0) is 29.0. The first-order valence-corrected chi connectivity index (χ1v) is 12.9. The Morgan fingerprint density at radius 3 is 2.54 bits per heavy atom. The van der Waals surface area contributed by atoms with E-state index in [1.165, 1.54) is 52.6 Å². The van der Waals surface area contributed by atoms with E-state index in [1.807, 2.05) is 6.92 Å². The molecule has 10 nitrogen and oxygen atoms in total. The van der Waals surface area contributed by atoms with Crippen LogP contribution in [0, 0.1) is 10.8 Å². The molecule has 4 rings (SSSR count). The standard InChI is InChI=1S/C29H36O10/c1-17-28(34)12-11-27(6)24(19-9-13-36-16-19)37-23(33)15-29(17,27)39-21(26(28,5)10-8-22(32)35-7)14-20(31)25(3,4)38-18(2)30/h8-10,13,16,21,24,34H,1,11-12,14-15H2,2-7H3/b10-8+/t21-,24-,26+,27-,28+,29-/m0/s1. The normalized spacial score (nSPS) is 36.2. The summed E-state index contributed by atoms with van der Waals surface area (Å²) in [6.45, 7) is 12.0. The van der Waals surface area contributed by atoms with Gasteiger partial charge in [0.15, 0.2) is 11.4 Å². The van der Waals surface area contributed by atoms with Gasteiger partial charge in [-0.1, -0.05) is 26.5 Å². The number of esters is 3. The number of carbonyl (C=O) groups excluding carboxylic acids is 4. The summed E-state index contributed by atoms with van der Waals surface area (Å²) in [7, 11) is 1.23. The van der Waals surface area contributed by atoms with Crippen molar-refractivity contribution in [1.29, 1.82) is 0 Å². The molecule has 6 atom stereocenters. The van der Waals surface area contributed by atoms with Gasteiger partial charge >= 0.3 is 17.9 Å². The molecule has 2 saturated heterocycles. The molecule has 3 fully saturated rings. The summed E-state index contributed by atoms with van der Waals surface area (Å²) in [5, 5.41) is 12.4. The molecule has 39 heavy (non-hydrogen) atoms. The third-order valence-corrected chi connectivity index (χ3v) is 9.09. The summed E-state index contributed by atoms with van der Waals surface area (Å²) in [5.41, 5.74) is -5.90. The van der Waals surface area contributed by atoms with E-state index in [4.69, 9.17) is 23.4 Å². The lowest BCUT2D eigenvalue weighted by Crippen LogP contribution is -2.75. The number of ether oxygens (including phenoxy) is 4. The summed E-state index contributed by atoms with van der Waals surface area (Å²) < 4.78 is 28.0. The second-order valence-corrected chi connectivity index (χ2v) is 11.7. The van der Waals surface area contributed by atoms with Crippen LogP contribution in [-0.4, -0.2) is 58.8 Å². The molecule has 1 saturated carbocycles. The van der Waals surface area contributed by atoms with E-state index in [0.29, 0.717) is 12.0 Å². The Balaban J connectivity index is 1.87. The molecule has 0 aromatic carbocycles. The molecule has 10 heteroatoms. The summed E-state index contributed by atoms with van der Waals surface area (Å²) in [4.78, 5) is 50.4. The van der Waals surface area contributed by atoms with E-state index >= 15 is 0 Å². The second-order valence-electron chi connectivity index (χ2n) is 11.7. The molecular weight excluding hydrogens is 508 g/mol. The Hall–Kier alpha value is -3.24. The van der Waals surface area contributed by atoms with Crippen molar-refractivity contribution in [1.82, 2.24) is 0 Å². The molecule has 1 N–H and O–H groups in total. The SMILES string of the molecule is C=C1[C@]2(O)CC[C@@]3(C)[C@H](c4ccoc4)OC(=O)C[C@]13O[C@@H](CC(=O)C(C)(C)OC(C)=O)[C@@]2(C)/C=C/C(=O)OC. The van der Waals surface area contributed by atoms with Crippen molar-refractivity contribution in [3.63, 3.8) is 0 Å². The summed E-state index contributed by atoms with van der Waals surface area (Å²) in [6, 6.07) is 1.71. The van der Waals surface area contributed by atoms with Crippen molar-refractivity contribution in [2.45, 2.75) is 89.3 Å². The minimum absolute atomic E-state index is 0.180. The van der Waals surface area contributed by atoms with Crippen LogP contribution in [0.2, 0.25) is 0 Å². The Morgan fingerprint density at radius 2 is 1.95 bits per heavy atom. The van der Waals surface area contributed by atoms with Crippen LogP contribution in [0.5, 0.6) is 0 Å². The Bertz CT molecular complexity index is 1230. The minimum atomic E-state index is -1.68. The molecule has 2 bridgehead atoms. The fourth-order valence-corrected chi connectivity index (χ4v) is 6.60. The highest BCUT2D eigenvalue weighted by atomic mass is 16.6. The largest absolute Gasteiger partial charge is 0.472 e. The van der Waals surface area contributed by atoms with Gasteiger partial charge in [0.25, 0.3) is 0 Å². The van der Waals surface area contributed by atoms with Crippen molar-refractivity contribution < 1.29 is 47.6 Å². The number of methoxy groups -OCH3 is 1. The van der Waals surface area contributed by atoms with Crippen molar-refractivity contribution in [3.05, 3.63) is 48.5 Å². The third-order valence-electron chi connectivity index (χ3n) is 9.09. The highest BCUT2D eigenvalue weighted by Crippen LogP contribution is 2.69. The van der Waals surface area contributed by atoms with E-state index < -0.39 is 63.5 Å². The van der Waals surface area contributed by atoms with E-state index in [9.17, 15) is 24.3 Å². The lowest BCUT2D eigenvalue weighted by molar-refractivity contribution is -0.304. The summed E-state index contributed by atoms with van der Waals surface area (Å²) in [5.74, 6) is -2.29. The van der Waals surface area contributed by atoms with Gasteiger partial charge in [0, 0.05) is 35.8 Å². The van der Waals surface area contributed by atoms with Crippen LogP contribution in [0.15, 0.2) is 47.3 Å². The average Bonchev–Trinajstić information content (AvgIpc) is 3.39.